The van der Waals surface area contributed by atoms with Crippen molar-refractivity contribution in [3.63, 3.8) is 0 Å². The van der Waals surface area contributed by atoms with E-state index in [2.05, 4.69) is 35.6 Å². The zero-order chi connectivity index (χ0) is 12.8. The van der Waals surface area contributed by atoms with Gasteiger partial charge >= 0.3 is 0 Å². The van der Waals surface area contributed by atoms with Gasteiger partial charge in [0.25, 0.3) is 0 Å². The highest BCUT2D eigenvalue weighted by atomic mass is 16.1. The molecule has 1 amide bonds. The third-order valence-electron chi connectivity index (χ3n) is 4.05. The molecule has 1 aromatic carbocycles. The monoisotopic (exact) mass is 245 g/mol. The second-order valence-corrected chi connectivity index (χ2v) is 5.38. The van der Waals surface area contributed by atoms with Crippen LogP contribution in [0.1, 0.15) is 51.0 Å². The first-order valence-electron chi connectivity index (χ1n) is 7.09. The van der Waals surface area contributed by atoms with Gasteiger partial charge in [0.15, 0.2) is 0 Å². The second kappa shape index (κ2) is 6.03. The number of benzene rings is 1. The largest absolute Gasteiger partial charge is 0.355 e. The standard InChI is InChI=1S/C16H23NO/c1-2-8-15(18)17-13-16(11-6-7-12-16)14-9-4-3-5-10-14/h3-5,9-10H,2,6-8,11-13H2,1H3,(H,17,18). The number of rotatable bonds is 5. The Labute approximate surface area is 110 Å². The van der Waals surface area contributed by atoms with Crippen molar-refractivity contribution in [1.82, 2.24) is 5.32 Å². The summed E-state index contributed by atoms with van der Waals surface area (Å²) in [6.45, 7) is 2.85. The molecule has 1 aromatic rings. The number of hydrogen-bond acceptors (Lipinski definition) is 1. The predicted octanol–water partition coefficient (Wildman–Crippen LogP) is 3.41. The second-order valence-electron chi connectivity index (χ2n) is 5.38. The fraction of sp³-hybridized carbons (Fsp3) is 0.562. The van der Waals surface area contributed by atoms with Gasteiger partial charge in [0.2, 0.25) is 5.91 Å². The fourth-order valence-corrected chi connectivity index (χ4v) is 2.99. The summed E-state index contributed by atoms with van der Waals surface area (Å²) in [5, 5.41) is 3.13. The van der Waals surface area contributed by atoms with Gasteiger partial charge in [-0.1, -0.05) is 50.1 Å². The van der Waals surface area contributed by atoms with Crippen LogP contribution in [0, 0.1) is 0 Å². The van der Waals surface area contributed by atoms with E-state index in [1.807, 2.05) is 6.92 Å². The van der Waals surface area contributed by atoms with Gasteiger partial charge in [0.1, 0.15) is 0 Å². The molecule has 0 heterocycles. The van der Waals surface area contributed by atoms with E-state index < -0.39 is 0 Å². The summed E-state index contributed by atoms with van der Waals surface area (Å²) in [6.07, 6.45) is 6.51. The molecule has 1 N–H and O–H groups in total. The third-order valence-corrected chi connectivity index (χ3v) is 4.05. The van der Waals surface area contributed by atoms with E-state index in [1.54, 1.807) is 0 Å². The third kappa shape index (κ3) is 2.92. The van der Waals surface area contributed by atoms with Gasteiger partial charge in [-0.2, -0.15) is 0 Å². The molecule has 0 aliphatic heterocycles. The molecule has 0 saturated heterocycles. The van der Waals surface area contributed by atoms with Crippen molar-refractivity contribution in [2.45, 2.75) is 50.9 Å². The minimum absolute atomic E-state index is 0.185. The molecule has 1 saturated carbocycles. The summed E-state index contributed by atoms with van der Waals surface area (Å²) in [6, 6.07) is 10.7. The zero-order valence-corrected chi connectivity index (χ0v) is 11.2. The van der Waals surface area contributed by atoms with E-state index in [9.17, 15) is 4.79 Å². The van der Waals surface area contributed by atoms with Crippen molar-refractivity contribution < 1.29 is 4.79 Å². The van der Waals surface area contributed by atoms with Crippen LogP contribution < -0.4 is 5.32 Å². The maximum Gasteiger partial charge on any atom is 0.220 e. The summed E-state index contributed by atoms with van der Waals surface area (Å²) in [5.74, 6) is 0.194. The first-order chi connectivity index (χ1) is 8.77. The molecule has 0 bridgehead atoms. The van der Waals surface area contributed by atoms with Gasteiger partial charge in [-0.05, 0) is 24.8 Å². The lowest BCUT2D eigenvalue weighted by Crippen LogP contribution is -2.38. The van der Waals surface area contributed by atoms with Crippen molar-refractivity contribution in [3.8, 4) is 0 Å². The number of nitrogens with one attached hydrogen (secondary N) is 1. The summed E-state index contributed by atoms with van der Waals surface area (Å²) in [7, 11) is 0. The Morgan fingerprint density at radius 2 is 1.89 bits per heavy atom. The van der Waals surface area contributed by atoms with Crippen LogP contribution >= 0.6 is 0 Å². The van der Waals surface area contributed by atoms with Crippen molar-refractivity contribution in [3.05, 3.63) is 35.9 Å². The van der Waals surface area contributed by atoms with Crippen LogP contribution in [0.15, 0.2) is 30.3 Å². The molecule has 0 atom stereocenters. The van der Waals surface area contributed by atoms with E-state index >= 15 is 0 Å². The van der Waals surface area contributed by atoms with Crippen LogP contribution in [-0.4, -0.2) is 12.5 Å². The Hall–Kier alpha value is -1.31. The van der Waals surface area contributed by atoms with Gasteiger partial charge in [-0.15, -0.1) is 0 Å². The minimum Gasteiger partial charge on any atom is -0.355 e. The summed E-state index contributed by atoms with van der Waals surface area (Å²) in [5.41, 5.74) is 1.57. The topological polar surface area (TPSA) is 29.1 Å². The van der Waals surface area contributed by atoms with Crippen molar-refractivity contribution in [2.24, 2.45) is 0 Å². The van der Waals surface area contributed by atoms with Gasteiger partial charge in [-0.25, -0.2) is 0 Å². The van der Waals surface area contributed by atoms with Crippen LogP contribution in [0.25, 0.3) is 0 Å². The number of hydrogen-bond donors (Lipinski definition) is 1. The molecular weight excluding hydrogens is 222 g/mol. The van der Waals surface area contributed by atoms with Crippen molar-refractivity contribution in [1.29, 1.82) is 0 Å². The molecule has 0 spiro atoms. The van der Waals surface area contributed by atoms with Crippen molar-refractivity contribution in [2.75, 3.05) is 6.54 Å². The molecule has 1 aliphatic carbocycles. The first-order valence-corrected chi connectivity index (χ1v) is 7.09. The fourth-order valence-electron chi connectivity index (χ4n) is 2.99. The molecule has 1 fully saturated rings. The predicted molar refractivity (Wildman–Crippen MR) is 74.5 cm³/mol. The maximum absolute atomic E-state index is 11.7. The van der Waals surface area contributed by atoms with Gasteiger partial charge in [-0.3, -0.25) is 4.79 Å². The Bertz CT molecular complexity index is 379. The summed E-state index contributed by atoms with van der Waals surface area (Å²) >= 11 is 0. The van der Waals surface area contributed by atoms with E-state index in [1.165, 1.54) is 31.2 Å². The molecule has 0 unspecified atom stereocenters. The molecule has 18 heavy (non-hydrogen) atoms. The quantitative estimate of drug-likeness (QED) is 0.846. The van der Waals surface area contributed by atoms with E-state index in [0.717, 1.165) is 13.0 Å². The van der Waals surface area contributed by atoms with Crippen LogP contribution in [0.2, 0.25) is 0 Å². The SMILES string of the molecule is CCCC(=O)NCC1(c2ccccc2)CCCC1. The zero-order valence-electron chi connectivity index (χ0n) is 11.2. The molecule has 2 nitrogen and oxygen atoms in total. The molecule has 0 aromatic heterocycles. The van der Waals surface area contributed by atoms with Crippen LogP contribution in [0.3, 0.4) is 0 Å². The van der Waals surface area contributed by atoms with Crippen LogP contribution in [-0.2, 0) is 10.2 Å². The summed E-state index contributed by atoms with van der Waals surface area (Å²) < 4.78 is 0. The van der Waals surface area contributed by atoms with Crippen LogP contribution in [0.4, 0.5) is 0 Å². The lowest BCUT2D eigenvalue weighted by atomic mass is 9.79. The molecule has 2 heteroatoms. The average molecular weight is 245 g/mol. The van der Waals surface area contributed by atoms with E-state index in [4.69, 9.17) is 0 Å². The van der Waals surface area contributed by atoms with E-state index in [0.29, 0.717) is 6.42 Å². The Balaban J connectivity index is 2.06. The number of amides is 1. The van der Waals surface area contributed by atoms with E-state index in [-0.39, 0.29) is 11.3 Å². The summed E-state index contributed by atoms with van der Waals surface area (Å²) in [4.78, 5) is 11.7. The molecular formula is C16H23NO. The average Bonchev–Trinajstić information content (AvgIpc) is 2.88. The first kappa shape index (κ1) is 13.1. The highest BCUT2D eigenvalue weighted by Gasteiger charge is 2.35. The molecule has 1 aliphatic rings. The minimum atomic E-state index is 0.185. The Morgan fingerprint density at radius 3 is 2.50 bits per heavy atom. The molecule has 2 rings (SSSR count). The van der Waals surface area contributed by atoms with Gasteiger partial charge in [0.05, 0.1) is 0 Å². The highest BCUT2D eigenvalue weighted by Crippen LogP contribution is 2.40. The van der Waals surface area contributed by atoms with Gasteiger partial charge in [0, 0.05) is 18.4 Å². The highest BCUT2D eigenvalue weighted by molar-refractivity contribution is 5.75. The van der Waals surface area contributed by atoms with Crippen molar-refractivity contribution >= 4 is 5.91 Å². The molecule has 0 radical (unpaired) electrons. The van der Waals surface area contributed by atoms with Gasteiger partial charge < -0.3 is 5.32 Å². The van der Waals surface area contributed by atoms with Crippen LogP contribution in [0.5, 0.6) is 0 Å². The maximum atomic E-state index is 11.7. The Kier molecular flexibility index (Phi) is 4.40. The number of carbonyl (C=O) groups excluding carboxylic acids is 1. The molecule has 98 valence electrons. The lowest BCUT2D eigenvalue weighted by molar-refractivity contribution is -0.121. The Morgan fingerprint density at radius 1 is 1.22 bits per heavy atom. The normalized spacial score (nSPS) is 17.6. The number of carbonyl (C=O) groups is 1. The smallest absolute Gasteiger partial charge is 0.220 e. The lowest BCUT2D eigenvalue weighted by Gasteiger charge is -2.30.